The molecule has 1 fully saturated rings. The highest BCUT2D eigenvalue weighted by Crippen LogP contribution is 2.25. The smallest absolute Gasteiger partial charge is 0.412 e. The Balaban J connectivity index is 2.01. The van der Waals surface area contributed by atoms with Crippen LogP contribution in [0.15, 0.2) is 22.7 Å². The lowest BCUT2D eigenvalue weighted by molar-refractivity contribution is 0.0636. The van der Waals surface area contributed by atoms with Gasteiger partial charge in [-0.3, -0.25) is 5.32 Å². The van der Waals surface area contributed by atoms with Crippen molar-refractivity contribution in [1.29, 1.82) is 0 Å². The number of carbonyl (C=O) groups is 1. The quantitative estimate of drug-likeness (QED) is 0.826. The molecule has 0 bridgehead atoms. The zero-order valence-electron chi connectivity index (χ0n) is 13.5. The van der Waals surface area contributed by atoms with Crippen LogP contribution < -0.4 is 10.6 Å². The lowest BCUT2D eigenvalue weighted by Crippen LogP contribution is -2.35. The van der Waals surface area contributed by atoms with Crippen LogP contribution in [0.2, 0.25) is 0 Å². The van der Waals surface area contributed by atoms with Crippen molar-refractivity contribution in [2.24, 2.45) is 0 Å². The molecule has 1 aliphatic heterocycles. The Kier molecular flexibility index (Phi) is 5.87. The molecule has 122 valence electrons. The Morgan fingerprint density at radius 3 is 2.82 bits per heavy atom. The molecule has 1 aromatic carbocycles. The number of rotatable bonds is 3. The first-order valence-corrected chi connectivity index (χ1v) is 8.64. The van der Waals surface area contributed by atoms with Gasteiger partial charge < -0.3 is 10.1 Å². The molecule has 0 radical (unpaired) electrons. The summed E-state index contributed by atoms with van der Waals surface area (Å²) in [5, 5.41) is 6.37. The number of amides is 1. The molecule has 2 N–H and O–H groups in total. The molecule has 5 heteroatoms. The second kappa shape index (κ2) is 7.47. The van der Waals surface area contributed by atoms with Gasteiger partial charge >= 0.3 is 6.09 Å². The standard InChI is InChI=1S/C17H25BrN2O2/c1-17(2,3)22-16(21)20-15-11-12(7-8-14(15)18)10-13-6-4-5-9-19-13/h7-8,11,13,19H,4-6,9-10H2,1-3H3,(H,20,21). The lowest BCUT2D eigenvalue weighted by atomic mass is 9.97. The summed E-state index contributed by atoms with van der Waals surface area (Å²) in [5.74, 6) is 0. The van der Waals surface area contributed by atoms with Crippen LogP contribution in [0.5, 0.6) is 0 Å². The first-order chi connectivity index (χ1) is 10.3. The van der Waals surface area contributed by atoms with Crippen LogP contribution in [0, 0.1) is 0 Å². The summed E-state index contributed by atoms with van der Waals surface area (Å²) >= 11 is 3.48. The van der Waals surface area contributed by atoms with Crippen molar-refractivity contribution in [1.82, 2.24) is 5.32 Å². The van der Waals surface area contributed by atoms with E-state index in [2.05, 4.69) is 32.6 Å². The van der Waals surface area contributed by atoms with Crippen molar-refractivity contribution in [2.45, 2.75) is 58.1 Å². The van der Waals surface area contributed by atoms with E-state index in [1.165, 1.54) is 24.8 Å². The van der Waals surface area contributed by atoms with Gasteiger partial charge in [0.2, 0.25) is 0 Å². The van der Waals surface area contributed by atoms with Gasteiger partial charge in [0.1, 0.15) is 5.60 Å². The average molecular weight is 369 g/mol. The SMILES string of the molecule is CC(C)(C)OC(=O)Nc1cc(CC2CCCCN2)ccc1Br. The number of nitrogens with one attached hydrogen (secondary N) is 2. The van der Waals surface area contributed by atoms with Crippen molar-refractivity contribution in [3.8, 4) is 0 Å². The lowest BCUT2D eigenvalue weighted by Gasteiger charge is -2.24. The Labute approximate surface area is 141 Å². The van der Waals surface area contributed by atoms with Crippen LogP contribution in [-0.4, -0.2) is 24.3 Å². The maximum Gasteiger partial charge on any atom is 0.412 e. The Morgan fingerprint density at radius 1 is 1.41 bits per heavy atom. The van der Waals surface area contributed by atoms with Crippen molar-refractivity contribution in [3.05, 3.63) is 28.2 Å². The number of ether oxygens (including phenoxy) is 1. The third-order valence-electron chi connectivity index (χ3n) is 3.56. The van der Waals surface area contributed by atoms with Gasteiger partial charge in [0.25, 0.3) is 0 Å². The summed E-state index contributed by atoms with van der Waals surface area (Å²) in [5.41, 5.74) is 1.47. The molecule has 1 aliphatic rings. The first kappa shape index (κ1) is 17.3. The summed E-state index contributed by atoms with van der Waals surface area (Å²) in [7, 11) is 0. The van der Waals surface area contributed by atoms with Crippen LogP contribution in [0.3, 0.4) is 0 Å². The second-order valence-corrected chi connectivity index (χ2v) is 7.65. The van der Waals surface area contributed by atoms with Crippen LogP contribution in [0.4, 0.5) is 10.5 Å². The van der Waals surface area contributed by atoms with Crippen molar-refractivity contribution >= 4 is 27.7 Å². The molecular formula is C17H25BrN2O2. The molecule has 1 unspecified atom stereocenters. The topological polar surface area (TPSA) is 50.4 Å². The number of halogens is 1. The molecule has 0 aromatic heterocycles. The van der Waals surface area contributed by atoms with Crippen molar-refractivity contribution in [2.75, 3.05) is 11.9 Å². The Hall–Kier alpha value is -1.07. The zero-order chi connectivity index (χ0) is 16.2. The second-order valence-electron chi connectivity index (χ2n) is 6.79. The fourth-order valence-electron chi connectivity index (χ4n) is 2.59. The normalized spacial score (nSPS) is 18.8. The van der Waals surface area contributed by atoms with Crippen LogP contribution in [-0.2, 0) is 11.2 Å². The van der Waals surface area contributed by atoms with E-state index >= 15 is 0 Å². The third-order valence-corrected chi connectivity index (χ3v) is 4.25. The van der Waals surface area contributed by atoms with Crippen molar-refractivity contribution in [3.63, 3.8) is 0 Å². The monoisotopic (exact) mass is 368 g/mol. The molecule has 0 aliphatic carbocycles. The first-order valence-electron chi connectivity index (χ1n) is 7.85. The predicted octanol–water partition coefficient (Wildman–Crippen LogP) is 4.48. The number of carbonyl (C=O) groups excluding carboxylic acids is 1. The molecule has 4 nitrogen and oxygen atoms in total. The van der Waals surface area contributed by atoms with E-state index in [4.69, 9.17) is 4.74 Å². The van der Waals surface area contributed by atoms with Gasteiger partial charge in [-0.15, -0.1) is 0 Å². The number of piperidine rings is 1. The average Bonchev–Trinajstić information content (AvgIpc) is 2.41. The van der Waals surface area contributed by atoms with E-state index in [1.54, 1.807) is 0 Å². The van der Waals surface area contributed by atoms with Crippen LogP contribution in [0.25, 0.3) is 0 Å². The summed E-state index contributed by atoms with van der Waals surface area (Å²) in [6.07, 6.45) is 4.32. The molecule has 1 heterocycles. The number of benzene rings is 1. The predicted molar refractivity (Wildman–Crippen MR) is 93.3 cm³/mol. The van der Waals surface area contributed by atoms with Gasteiger partial charge in [-0.05, 0) is 80.2 Å². The molecule has 2 rings (SSSR count). The highest BCUT2D eigenvalue weighted by molar-refractivity contribution is 9.10. The largest absolute Gasteiger partial charge is 0.444 e. The van der Waals surface area contributed by atoms with Gasteiger partial charge in [0, 0.05) is 10.5 Å². The van der Waals surface area contributed by atoms with Crippen LogP contribution in [0.1, 0.15) is 45.6 Å². The third kappa shape index (κ3) is 5.61. The van der Waals surface area contributed by atoms with Crippen molar-refractivity contribution < 1.29 is 9.53 Å². The van der Waals surface area contributed by atoms with Gasteiger partial charge in [-0.25, -0.2) is 4.79 Å². The van der Waals surface area contributed by atoms with Gasteiger partial charge in [0.15, 0.2) is 0 Å². The van der Waals surface area contributed by atoms with Gasteiger partial charge in [0.05, 0.1) is 5.69 Å². The number of hydrogen-bond donors (Lipinski definition) is 2. The van der Waals surface area contributed by atoms with E-state index in [0.717, 1.165) is 23.1 Å². The van der Waals surface area contributed by atoms with E-state index in [1.807, 2.05) is 32.9 Å². The Morgan fingerprint density at radius 2 is 2.18 bits per heavy atom. The highest BCUT2D eigenvalue weighted by Gasteiger charge is 2.18. The fraction of sp³-hybridized carbons (Fsp3) is 0.588. The van der Waals surface area contributed by atoms with Gasteiger partial charge in [-0.1, -0.05) is 12.5 Å². The van der Waals surface area contributed by atoms with Gasteiger partial charge in [-0.2, -0.15) is 0 Å². The molecule has 1 amide bonds. The summed E-state index contributed by atoms with van der Waals surface area (Å²) in [6.45, 7) is 6.66. The highest BCUT2D eigenvalue weighted by atomic mass is 79.9. The fourth-order valence-corrected chi connectivity index (χ4v) is 2.94. The molecule has 0 saturated carbocycles. The number of hydrogen-bond acceptors (Lipinski definition) is 3. The van der Waals surface area contributed by atoms with E-state index in [0.29, 0.717) is 6.04 Å². The molecule has 1 atom stereocenters. The zero-order valence-corrected chi connectivity index (χ0v) is 15.1. The minimum Gasteiger partial charge on any atom is -0.444 e. The minimum absolute atomic E-state index is 0.429. The summed E-state index contributed by atoms with van der Waals surface area (Å²) in [6, 6.07) is 6.62. The molecule has 1 saturated heterocycles. The Bertz CT molecular complexity index is 520. The maximum atomic E-state index is 11.9. The van der Waals surface area contributed by atoms with Crippen LogP contribution >= 0.6 is 15.9 Å². The van der Waals surface area contributed by atoms with E-state index in [9.17, 15) is 4.79 Å². The minimum atomic E-state index is -0.500. The molecular weight excluding hydrogens is 344 g/mol. The molecule has 1 aromatic rings. The summed E-state index contributed by atoms with van der Waals surface area (Å²) < 4.78 is 6.16. The molecule has 0 spiro atoms. The van der Waals surface area contributed by atoms with E-state index in [-0.39, 0.29) is 0 Å². The number of anilines is 1. The molecule has 22 heavy (non-hydrogen) atoms. The summed E-state index contributed by atoms with van der Waals surface area (Å²) in [4.78, 5) is 11.9. The maximum absolute atomic E-state index is 11.9. The van der Waals surface area contributed by atoms with E-state index < -0.39 is 11.7 Å².